The van der Waals surface area contributed by atoms with Gasteiger partial charge in [-0.15, -0.1) is 0 Å². The maximum absolute atomic E-state index is 6.06. The van der Waals surface area contributed by atoms with Crippen molar-refractivity contribution in [3.05, 3.63) is 63.6 Å². The summed E-state index contributed by atoms with van der Waals surface area (Å²) >= 11 is 12.0. The largest absolute Gasteiger partial charge is 0.380 e. The van der Waals surface area contributed by atoms with Crippen molar-refractivity contribution in [2.45, 2.75) is 19.6 Å². The van der Waals surface area contributed by atoms with Crippen LogP contribution in [0.25, 0.3) is 0 Å². The Morgan fingerprint density at radius 3 is 2.55 bits per heavy atom. The fourth-order valence-corrected chi connectivity index (χ4v) is 2.35. The van der Waals surface area contributed by atoms with E-state index in [9.17, 15) is 0 Å². The second-order valence-corrected chi connectivity index (χ2v) is 5.44. The maximum atomic E-state index is 6.06. The van der Waals surface area contributed by atoms with Crippen molar-refractivity contribution in [2.24, 2.45) is 0 Å². The van der Waals surface area contributed by atoms with Gasteiger partial charge in [-0.2, -0.15) is 0 Å². The van der Waals surface area contributed by atoms with Crippen molar-refractivity contribution in [2.75, 3.05) is 12.4 Å². The molecule has 2 rings (SSSR count). The van der Waals surface area contributed by atoms with Gasteiger partial charge in [0, 0.05) is 24.4 Å². The molecule has 0 fully saturated rings. The lowest BCUT2D eigenvalue weighted by Gasteiger charge is -2.18. The molecule has 1 N–H and O–H groups in total. The third-order valence-electron chi connectivity index (χ3n) is 3.13. The van der Waals surface area contributed by atoms with Crippen LogP contribution in [-0.2, 0) is 11.3 Å². The topological polar surface area (TPSA) is 21.3 Å². The first kappa shape index (κ1) is 15.2. The quantitative estimate of drug-likeness (QED) is 0.807. The van der Waals surface area contributed by atoms with Gasteiger partial charge < -0.3 is 10.1 Å². The maximum Gasteiger partial charge on any atom is 0.0733 e. The molecule has 0 amide bonds. The van der Waals surface area contributed by atoms with Crippen LogP contribution in [0, 0.1) is 0 Å². The summed E-state index contributed by atoms with van der Waals surface area (Å²) in [6.07, 6.45) is 0. The number of nitrogens with one attached hydrogen (secondary N) is 1. The summed E-state index contributed by atoms with van der Waals surface area (Å²) in [5.41, 5.74) is 3.28. The summed E-state index contributed by atoms with van der Waals surface area (Å²) in [6.45, 7) is 2.67. The average Bonchev–Trinajstić information content (AvgIpc) is 2.44. The molecular formula is C16H17Cl2NO. The lowest BCUT2D eigenvalue weighted by atomic mass is 10.1. The van der Waals surface area contributed by atoms with Gasteiger partial charge in [0.1, 0.15) is 0 Å². The van der Waals surface area contributed by atoms with Gasteiger partial charge in [0.25, 0.3) is 0 Å². The zero-order valence-corrected chi connectivity index (χ0v) is 13.0. The molecular weight excluding hydrogens is 293 g/mol. The summed E-state index contributed by atoms with van der Waals surface area (Å²) in [6, 6.07) is 13.9. The zero-order chi connectivity index (χ0) is 14.5. The van der Waals surface area contributed by atoms with Crippen LogP contribution in [0.1, 0.15) is 24.1 Å². The van der Waals surface area contributed by atoms with Crippen LogP contribution in [0.3, 0.4) is 0 Å². The van der Waals surface area contributed by atoms with E-state index in [0.29, 0.717) is 16.7 Å². The van der Waals surface area contributed by atoms with E-state index in [2.05, 4.69) is 12.2 Å². The van der Waals surface area contributed by atoms with Crippen LogP contribution in [-0.4, -0.2) is 7.11 Å². The fraction of sp³-hybridized carbons (Fsp3) is 0.250. The van der Waals surface area contributed by atoms with Crippen LogP contribution in [0.15, 0.2) is 42.5 Å². The molecule has 0 spiro atoms. The number of methoxy groups -OCH3 is 1. The summed E-state index contributed by atoms with van der Waals surface area (Å²) in [7, 11) is 1.69. The third-order valence-corrected chi connectivity index (χ3v) is 3.87. The SMILES string of the molecule is COCc1ccccc1NC(C)c1ccc(Cl)c(Cl)c1. The zero-order valence-electron chi connectivity index (χ0n) is 11.5. The van der Waals surface area contributed by atoms with Crippen molar-refractivity contribution in [1.82, 2.24) is 0 Å². The molecule has 2 aromatic rings. The highest BCUT2D eigenvalue weighted by atomic mass is 35.5. The fourth-order valence-electron chi connectivity index (χ4n) is 2.04. The third kappa shape index (κ3) is 3.66. The van der Waals surface area contributed by atoms with Gasteiger partial charge in [0.15, 0.2) is 0 Å². The smallest absolute Gasteiger partial charge is 0.0733 e. The highest BCUT2D eigenvalue weighted by Gasteiger charge is 2.09. The Morgan fingerprint density at radius 2 is 1.85 bits per heavy atom. The molecule has 0 saturated heterocycles. The summed E-state index contributed by atoms with van der Waals surface area (Å²) < 4.78 is 5.21. The first-order valence-corrected chi connectivity index (χ1v) is 7.15. The van der Waals surface area contributed by atoms with Crippen LogP contribution in [0.5, 0.6) is 0 Å². The molecule has 106 valence electrons. The number of rotatable bonds is 5. The molecule has 1 atom stereocenters. The van der Waals surface area contributed by atoms with Crippen molar-refractivity contribution >= 4 is 28.9 Å². The molecule has 0 saturated carbocycles. The van der Waals surface area contributed by atoms with Gasteiger partial charge in [0.2, 0.25) is 0 Å². The second kappa shape index (κ2) is 6.98. The number of hydrogen-bond donors (Lipinski definition) is 1. The highest BCUT2D eigenvalue weighted by molar-refractivity contribution is 6.42. The van der Waals surface area contributed by atoms with Crippen LogP contribution in [0.2, 0.25) is 10.0 Å². The van der Waals surface area contributed by atoms with Gasteiger partial charge >= 0.3 is 0 Å². The lowest BCUT2D eigenvalue weighted by Crippen LogP contribution is -2.08. The van der Waals surface area contributed by atoms with E-state index in [0.717, 1.165) is 16.8 Å². The van der Waals surface area contributed by atoms with Gasteiger partial charge in [0.05, 0.1) is 16.7 Å². The average molecular weight is 310 g/mol. The molecule has 20 heavy (non-hydrogen) atoms. The molecule has 4 heteroatoms. The van der Waals surface area contributed by atoms with E-state index in [1.54, 1.807) is 7.11 Å². The monoisotopic (exact) mass is 309 g/mol. The lowest BCUT2D eigenvalue weighted by molar-refractivity contribution is 0.185. The minimum absolute atomic E-state index is 0.128. The van der Waals surface area contributed by atoms with E-state index in [-0.39, 0.29) is 6.04 Å². The molecule has 0 radical (unpaired) electrons. The predicted molar refractivity (Wildman–Crippen MR) is 85.7 cm³/mol. The minimum Gasteiger partial charge on any atom is -0.380 e. The van der Waals surface area contributed by atoms with Crippen LogP contribution >= 0.6 is 23.2 Å². The Bertz CT molecular complexity index is 586. The highest BCUT2D eigenvalue weighted by Crippen LogP contribution is 2.28. The van der Waals surface area contributed by atoms with Crippen molar-refractivity contribution in [3.63, 3.8) is 0 Å². The Labute approximate surface area is 129 Å². The number of para-hydroxylation sites is 1. The second-order valence-electron chi connectivity index (χ2n) is 4.63. The number of ether oxygens (including phenoxy) is 1. The number of anilines is 1. The van der Waals surface area contributed by atoms with Gasteiger partial charge in [-0.3, -0.25) is 0 Å². The first-order valence-electron chi connectivity index (χ1n) is 6.40. The molecule has 0 heterocycles. The summed E-state index contributed by atoms with van der Waals surface area (Å²) in [4.78, 5) is 0. The van der Waals surface area contributed by atoms with Crippen LogP contribution < -0.4 is 5.32 Å². The Hall–Kier alpha value is -1.22. The number of hydrogen-bond acceptors (Lipinski definition) is 2. The van der Waals surface area contributed by atoms with Crippen LogP contribution in [0.4, 0.5) is 5.69 Å². The van der Waals surface area contributed by atoms with Gasteiger partial charge in [-0.25, -0.2) is 0 Å². The molecule has 0 aliphatic heterocycles. The van der Waals surface area contributed by atoms with E-state index < -0.39 is 0 Å². The van der Waals surface area contributed by atoms with Gasteiger partial charge in [-0.1, -0.05) is 47.5 Å². The van der Waals surface area contributed by atoms with Crippen molar-refractivity contribution in [1.29, 1.82) is 0 Å². The molecule has 0 aromatic heterocycles. The Balaban J connectivity index is 2.18. The van der Waals surface area contributed by atoms with Crippen molar-refractivity contribution in [3.8, 4) is 0 Å². The van der Waals surface area contributed by atoms with E-state index in [1.165, 1.54) is 0 Å². The summed E-state index contributed by atoms with van der Waals surface area (Å²) in [5.74, 6) is 0. The number of benzene rings is 2. The first-order chi connectivity index (χ1) is 9.61. The molecule has 2 aromatic carbocycles. The minimum atomic E-state index is 0.128. The molecule has 1 unspecified atom stereocenters. The Kier molecular flexibility index (Phi) is 5.30. The molecule has 2 nitrogen and oxygen atoms in total. The number of halogens is 2. The van der Waals surface area contributed by atoms with Gasteiger partial charge in [-0.05, 0) is 30.7 Å². The molecule has 0 aliphatic carbocycles. The summed E-state index contributed by atoms with van der Waals surface area (Å²) in [5, 5.41) is 4.62. The standard InChI is InChI=1S/C16H17Cl2NO/c1-11(12-7-8-14(17)15(18)9-12)19-16-6-4-3-5-13(16)10-20-2/h3-9,11,19H,10H2,1-2H3. The molecule has 0 aliphatic rings. The van der Waals surface area contributed by atoms with E-state index in [1.807, 2.05) is 42.5 Å². The normalized spacial score (nSPS) is 12.2. The van der Waals surface area contributed by atoms with E-state index in [4.69, 9.17) is 27.9 Å². The molecule has 0 bridgehead atoms. The Morgan fingerprint density at radius 1 is 1.10 bits per heavy atom. The van der Waals surface area contributed by atoms with E-state index >= 15 is 0 Å². The predicted octanol–water partition coefficient (Wildman–Crippen LogP) is 5.31. The van der Waals surface area contributed by atoms with Crippen molar-refractivity contribution < 1.29 is 4.74 Å².